The third-order valence-corrected chi connectivity index (χ3v) is 5.84. The lowest BCUT2D eigenvalue weighted by atomic mass is 9.99. The minimum Gasteiger partial charge on any atom is -0.497 e. The van der Waals surface area contributed by atoms with E-state index in [4.69, 9.17) is 9.47 Å². The molecule has 158 valence electrons. The van der Waals surface area contributed by atoms with E-state index in [0.29, 0.717) is 26.2 Å². The predicted octanol–water partition coefficient (Wildman–Crippen LogP) is 3.56. The van der Waals surface area contributed by atoms with Crippen molar-refractivity contribution in [2.45, 2.75) is 31.5 Å². The molecule has 0 spiro atoms. The van der Waals surface area contributed by atoms with E-state index in [2.05, 4.69) is 5.32 Å². The minimum absolute atomic E-state index is 0.0563. The largest absolute Gasteiger partial charge is 0.497 e. The topological polar surface area (TPSA) is 71.1 Å². The number of methoxy groups -OCH3 is 1. The van der Waals surface area contributed by atoms with E-state index in [1.54, 1.807) is 7.11 Å². The molecule has 2 aromatic rings. The van der Waals surface area contributed by atoms with Gasteiger partial charge < -0.3 is 19.7 Å². The van der Waals surface area contributed by atoms with Crippen LogP contribution in [0, 0.1) is 0 Å². The molecular weight excluding hydrogens is 382 g/mol. The molecule has 0 unspecified atom stereocenters. The van der Waals surface area contributed by atoms with Crippen LogP contribution in [0.4, 0.5) is 9.59 Å². The molecule has 2 heterocycles. The van der Waals surface area contributed by atoms with Crippen LogP contribution in [0.3, 0.4) is 0 Å². The Morgan fingerprint density at radius 3 is 2.47 bits per heavy atom. The lowest BCUT2D eigenvalue weighted by Gasteiger charge is -2.37. The molecular formula is C23H27N3O4. The third kappa shape index (κ3) is 4.35. The van der Waals surface area contributed by atoms with Crippen LogP contribution in [0.5, 0.6) is 5.75 Å². The Hall–Kier alpha value is -3.22. The van der Waals surface area contributed by atoms with Crippen LogP contribution in [0.1, 0.15) is 30.0 Å². The van der Waals surface area contributed by atoms with E-state index in [-0.39, 0.29) is 24.2 Å². The molecule has 0 aromatic heterocycles. The maximum Gasteiger partial charge on any atom is 0.410 e. The third-order valence-electron chi connectivity index (χ3n) is 5.84. The summed E-state index contributed by atoms with van der Waals surface area (Å²) in [6, 6.07) is 17.6. The Balaban J connectivity index is 1.30. The number of carbonyl (C=O) groups excluding carboxylic acids is 2. The number of cyclic esters (lactones) is 1. The molecule has 2 aliphatic heterocycles. The molecule has 0 radical (unpaired) electrons. The SMILES string of the molecule is COc1ccc(CNC(=O)N2CCC(N3C(=O)OC[C@H]3c3ccccc3)CC2)cc1. The number of piperidine rings is 1. The highest BCUT2D eigenvalue weighted by Crippen LogP contribution is 2.33. The maximum atomic E-state index is 12.6. The van der Waals surface area contributed by atoms with Gasteiger partial charge in [0.1, 0.15) is 12.4 Å². The van der Waals surface area contributed by atoms with Crippen LogP contribution in [0.15, 0.2) is 54.6 Å². The number of nitrogens with zero attached hydrogens (tertiary/aromatic N) is 2. The van der Waals surface area contributed by atoms with Crippen molar-refractivity contribution in [1.82, 2.24) is 15.1 Å². The van der Waals surface area contributed by atoms with Gasteiger partial charge >= 0.3 is 12.1 Å². The molecule has 30 heavy (non-hydrogen) atoms. The second kappa shape index (κ2) is 9.07. The Morgan fingerprint density at radius 2 is 1.80 bits per heavy atom. The van der Waals surface area contributed by atoms with Crippen molar-refractivity contribution >= 4 is 12.1 Å². The number of rotatable bonds is 5. The molecule has 1 N–H and O–H groups in total. The summed E-state index contributed by atoms with van der Waals surface area (Å²) in [5, 5.41) is 2.97. The number of urea groups is 1. The van der Waals surface area contributed by atoms with Crippen LogP contribution in [0.2, 0.25) is 0 Å². The summed E-state index contributed by atoms with van der Waals surface area (Å²) in [5.74, 6) is 0.793. The summed E-state index contributed by atoms with van der Waals surface area (Å²) in [5.41, 5.74) is 2.10. The first-order valence-electron chi connectivity index (χ1n) is 10.3. The fraction of sp³-hybridized carbons (Fsp3) is 0.391. The van der Waals surface area contributed by atoms with Gasteiger partial charge in [-0.3, -0.25) is 4.90 Å². The normalized spacial score (nSPS) is 19.5. The molecule has 0 aliphatic carbocycles. The van der Waals surface area contributed by atoms with Crippen molar-refractivity contribution in [2.24, 2.45) is 0 Å². The molecule has 2 fully saturated rings. The Bertz CT molecular complexity index is 864. The second-order valence-corrected chi connectivity index (χ2v) is 7.64. The van der Waals surface area contributed by atoms with Crippen molar-refractivity contribution in [2.75, 3.05) is 26.8 Å². The molecule has 7 heteroatoms. The molecule has 0 saturated carbocycles. The van der Waals surface area contributed by atoms with Gasteiger partial charge in [-0.15, -0.1) is 0 Å². The lowest BCUT2D eigenvalue weighted by Crippen LogP contribution is -2.50. The molecule has 2 aromatic carbocycles. The summed E-state index contributed by atoms with van der Waals surface area (Å²) < 4.78 is 10.5. The van der Waals surface area contributed by atoms with Crippen LogP contribution in [0.25, 0.3) is 0 Å². The fourth-order valence-corrected chi connectivity index (χ4v) is 4.15. The summed E-state index contributed by atoms with van der Waals surface area (Å²) in [7, 11) is 1.63. The number of nitrogens with one attached hydrogen (secondary N) is 1. The van der Waals surface area contributed by atoms with Gasteiger partial charge in [-0.1, -0.05) is 42.5 Å². The van der Waals surface area contributed by atoms with E-state index < -0.39 is 0 Å². The molecule has 7 nitrogen and oxygen atoms in total. The van der Waals surface area contributed by atoms with Crippen molar-refractivity contribution in [3.8, 4) is 5.75 Å². The molecule has 2 aliphatic rings. The van der Waals surface area contributed by atoms with Gasteiger partial charge in [-0.2, -0.15) is 0 Å². The average molecular weight is 409 g/mol. The standard InChI is InChI=1S/C23H27N3O4/c1-29-20-9-7-17(8-10-20)15-24-22(27)25-13-11-19(12-14-25)26-21(16-30-23(26)28)18-5-3-2-4-6-18/h2-10,19,21H,11-16H2,1H3,(H,24,27)/t21-/m0/s1. The number of ether oxygens (including phenoxy) is 2. The van der Waals surface area contributed by atoms with Gasteiger partial charge in [0.2, 0.25) is 0 Å². The minimum atomic E-state index is -0.258. The molecule has 1 atom stereocenters. The van der Waals surface area contributed by atoms with E-state index in [9.17, 15) is 9.59 Å². The number of hydrogen-bond acceptors (Lipinski definition) is 4. The van der Waals surface area contributed by atoms with Gasteiger partial charge in [-0.05, 0) is 36.1 Å². The number of hydrogen-bond donors (Lipinski definition) is 1. The zero-order valence-corrected chi connectivity index (χ0v) is 17.1. The quantitative estimate of drug-likeness (QED) is 0.820. The predicted molar refractivity (Wildman–Crippen MR) is 112 cm³/mol. The Morgan fingerprint density at radius 1 is 1.10 bits per heavy atom. The Kier molecular flexibility index (Phi) is 6.07. The van der Waals surface area contributed by atoms with E-state index in [1.807, 2.05) is 64.4 Å². The van der Waals surface area contributed by atoms with Crippen LogP contribution < -0.4 is 10.1 Å². The van der Waals surface area contributed by atoms with E-state index >= 15 is 0 Å². The van der Waals surface area contributed by atoms with E-state index in [1.165, 1.54) is 0 Å². The first kappa shape index (κ1) is 20.1. The number of amides is 3. The van der Waals surface area contributed by atoms with Gasteiger partial charge in [-0.25, -0.2) is 9.59 Å². The monoisotopic (exact) mass is 409 g/mol. The van der Waals surface area contributed by atoms with E-state index in [0.717, 1.165) is 29.7 Å². The molecule has 4 rings (SSSR count). The lowest BCUT2D eigenvalue weighted by molar-refractivity contribution is 0.113. The van der Waals surface area contributed by atoms with Crippen molar-refractivity contribution in [3.63, 3.8) is 0 Å². The number of likely N-dealkylation sites (tertiary alicyclic amines) is 1. The van der Waals surface area contributed by atoms with Gasteiger partial charge in [0, 0.05) is 25.7 Å². The summed E-state index contributed by atoms with van der Waals surface area (Å²) in [6.07, 6.45) is 1.23. The van der Waals surface area contributed by atoms with Crippen molar-refractivity contribution in [3.05, 3.63) is 65.7 Å². The Labute approximate surface area is 176 Å². The van der Waals surface area contributed by atoms with Crippen LogP contribution in [-0.4, -0.2) is 54.8 Å². The van der Waals surface area contributed by atoms with Crippen molar-refractivity contribution in [1.29, 1.82) is 0 Å². The average Bonchev–Trinajstić information content (AvgIpc) is 3.20. The first-order chi connectivity index (χ1) is 14.7. The van der Waals surface area contributed by atoms with Crippen molar-refractivity contribution < 1.29 is 19.1 Å². The number of benzene rings is 2. The fourth-order valence-electron chi connectivity index (χ4n) is 4.15. The second-order valence-electron chi connectivity index (χ2n) is 7.64. The van der Waals surface area contributed by atoms with Gasteiger partial charge in [0.05, 0.1) is 13.2 Å². The summed E-state index contributed by atoms with van der Waals surface area (Å²) in [6.45, 7) is 2.08. The van der Waals surface area contributed by atoms with Gasteiger partial charge in [0.15, 0.2) is 0 Å². The zero-order valence-electron chi connectivity index (χ0n) is 17.1. The summed E-state index contributed by atoms with van der Waals surface area (Å²) in [4.78, 5) is 28.6. The highest BCUT2D eigenvalue weighted by Gasteiger charge is 2.40. The molecule has 2 saturated heterocycles. The highest BCUT2D eigenvalue weighted by molar-refractivity contribution is 5.74. The van der Waals surface area contributed by atoms with Gasteiger partial charge in [0.25, 0.3) is 0 Å². The van der Waals surface area contributed by atoms with Crippen LogP contribution >= 0.6 is 0 Å². The zero-order chi connectivity index (χ0) is 20.9. The first-order valence-corrected chi connectivity index (χ1v) is 10.3. The summed E-state index contributed by atoms with van der Waals surface area (Å²) >= 11 is 0. The highest BCUT2D eigenvalue weighted by atomic mass is 16.6. The smallest absolute Gasteiger partial charge is 0.410 e. The maximum absolute atomic E-state index is 12.6. The number of carbonyl (C=O) groups is 2. The molecule has 3 amide bonds. The van der Waals surface area contributed by atoms with Crippen LogP contribution in [-0.2, 0) is 11.3 Å². The molecule has 0 bridgehead atoms.